The van der Waals surface area contributed by atoms with Crippen molar-refractivity contribution in [3.63, 3.8) is 0 Å². The molecule has 2 unspecified atom stereocenters. The highest BCUT2D eigenvalue weighted by molar-refractivity contribution is 5.88. The van der Waals surface area contributed by atoms with Crippen LogP contribution >= 0.6 is 0 Å². The van der Waals surface area contributed by atoms with Crippen molar-refractivity contribution < 1.29 is 19.7 Å². The van der Waals surface area contributed by atoms with Gasteiger partial charge in [-0.05, 0) is 84.9 Å². The molecule has 0 amide bonds. The number of ether oxygens (including phenoxy) is 2. The van der Waals surface area contributed by atoms with E-state index in [-0.39, 0.29) is 6.04 Å². The molecule has 7 rings (SSSR count). The van der Waals surface area contributed by atoms with Crippen molar-refractivity contribution in [3.8, 4) is 11.5 Å². The maximum atomic E-state index is 10.7. The number of aromatic hydroxyl groups is 1. The van der Waals surface area contributed by atoms with E-state index < -0.39 is 6.10 Å². The largest absolute Gasteiger partial charge is 0.505 e. The van der Waals surface area contributed by atoms with Crippen LogP contribution in [0.15, 0.2) is 140 Å². The fourth-order valence-corrected chi connectivity index (χ4v) is 6.41. The summed E-state index contributed by atoms with van der Waals surface area (Å²) in [5.41, 5.74) is 7.09. The zero-order chi connectivity index (χ0) is 36.0. The third-order valence-corrected chi connectivity index (χ3v) is 9.41. The number of aliphatic hydroxyl groups excluding tert-OH is 1. The monoisotopic (exact) mass is 695 g/mol. The Morgan fingerprint density at radius 1 is 0.712 bits per heavy atom. The van der Waals surface area contributed by atoms with Gasteiger partial charge >= 0.3 is 0 Å². The van der Waals surface area contributed by atoms with Gasteiger partial charge in [0.1, 0.15) is 23.6 Å². The minimum absolute atomic E-state index is 0.0357. The quantitative estimate of drug-likeness (QED) is 0.105. The lowest BCUT2D eigenvalue weighted by atomic mass is 10.0. The number of phenols is 1. The fourth-order valence-electron chi connectivity index (χ4n) is 6.41. The van der Waals surface area contributed by atoms with Crippen LogP contribution in [0.2, 0.25) is 0 Å². The van der Waals surface area contributed by atoms with Crippen molar-refractivity contribution in [3.05, 3.63) is 173 Å². The second-order valence-electron chi connectivity index (χ2n) is 13.3. The standard InChI is InChI=1S/C23H25NO2.C22H24N2O2/c1-18(23(25)21-10-6-3-7-11-21)24-16-19-12-14-22(15-13-19)26-17-20-8-4-2-5-9-20;25-22-18(14-24-11-4-5-12-24)13-19(20-9-6-10-23-21(20)22)16-26-15-17-7-2-1-3-8-17/h2-15,18,23-25H,16-17H2,1H3;1-3,6-10,13,25H,4-5,11-12,14-16H2. The molecule has 1 aliphatic rings. The van der Waals surface area contributed by atoms with Crippen molar-refractivity contribution in [1.29, 1.82) is 0 Å². The predicted molar refractivity (Wildman–Crippen MR) is 208 cm³/mol. The second-order valence-corrected chi connectivity index (χ2v) is 13.3. The summed E-state index contributed by atoms with van der Waals surface area (Å²) < 4.78 is 11.8. The van der Waals surface area contributed by atoms with E-state index in [4.69, 9.17) is 9.47 Å². The van der Waals surface area contributed by atoms with Crippen LogP contribution in [0.25, 0.3) is 10.9 Å². The summed E-state index contributed by atoms with van der Waals surface area (Å²) in [6.45, 7) is 7.30. The third-order valence-electron chi connectivity index (χ3n) is 9.41. The lowest BCUT2D eigenvalue weighted by Gasteiger charge is -2.20. The van der Waals surface area contributed by atoms with Crippen molar-refractivity contribution in [2.75, 3.05) is 13.1 Å². The van der Waals surface area contributed by atoms with Gasteiger partial charge in [0.15, 0.2) is 0 Å². The smallest absolute Gasteiger partial charge is 0.146 e. The summed E-state index contributed by atoms with van der Waals surface area (Å²) in [5.74, 6) is 1.16. The molecule has 52 heavy (non-hydrogen) atoms. The molecular formula is C45H49N3O4. The number of benzene rings is 5. The molecule has 0 aliphatic carbocycles. The van der Waals surface area contributed by atoms with E-state index in [9.17, 15) is 10.2 Å². The Kier molecular flexibility index (Phi) is 13.4. The van der Waals surface area contributed by atoms with Gasteiger partial charge in [0.2, 0.25) is 0 Å². The molecule has 1 aliphatic heterocycles. The number of nitrogens with zero attached hydrogens (tertiary/aromatic N) is 2. The van der Waals surface area contributed by atoms with E-state index in [1.165, 1.54) is 12.8 Å². The molecule has 6 aromatic rings. The van der Waals surface area contributed by atoms with Crippen LogP contribution in [0.4, 0.5) is 0 Å². The molecule has 1 fully saturated rings. The van der Waals surface area contributed by atoms with Gasteiger partial charge in [-0.25, -0.2) is 0 Å². The number of likely N-dealkylation sites (tertiary alicyclic amines) is 1. The highest BCUT2D eigenvalue weighted by Gasteiger charge is 2.18. The molecule has 7 nitrogen and oxygen atoms in total. The Balaban J connectivity index is 0.000000179. The average Bonchev–Trinajstić information content (AvgIpc) is 3.72. The number of fused-ring (bicyclic) bond motifs is 1. The summed E-state index contributed by atoms with van der Waals surface area (Å²) in [6.07, 6.45) is 3.68. The Labute approximate surface area is 307 Å². The van der Waals surface area contributed by atoms with Crippen LogP contribution < -0.4 is 10.1 Å². The number of phenolic OH excluding ortho intramolecular Hbond substituents is 1. The maximum absolute atomic E-state index is 10.7. The number of hydrogen-bond acceptors (Lipinski definition) is 7. The van der Waals surface area contributed by atoms with Crippen molar-refractivity contribution in [1.82, 2.24) is 15.2 Å². The van der Waals surface area contributed by atoms with Crippen molar-refractivity contribution >= 4 is 10.9 Å². The summed E-state index contributed by atoms with van der Waals surface area (Å²) in [6, 6.07) is 44.1. The Morgan fingerprint density at radius 3 is 2.02 bits per heavy atom. The molecule has 0 saturated carbocycles. The average molecular weight is 696 g/mol. The highest BCUT2D eigenvalue weighted by Crippen LogP contribution is 2.32. The maximum Gasteiger partial charge on any atom is 0.146 e. The van der Waals surface area contributed by atoms with E-state index >= 15 is 0 Å². The molecule has 7 heteroatoms. The molecule has 0 radical (unpaired) electrons. The number of nitrogens with one attached hydrogen (secondary N) is 1. The van der Waals surface area contributed by atoms with E-state index in [0.29, 0.717) is 37.6 Å². The molecule has 1 aromatic heterocycles. The zero-order valence-corrected chi connectivity index (χ0v) is 29.9. The minimum atomic E-state index is -0.523. The Morgan fingerprint density at radius 2 is 1.35 bits per heavy atom. The first-order valence-electron chi connectivity index (χ1n) is 18.2. The number of rotatable bonds is 14. The molecule has 2 heterocycles. The second kappa shape index (κ2) is 19.0. The summed E-state index contributed by atoms with van der Waals surface area (Å²) in [7, 11) is 0. The predicted octanol–water partition coefficient (Wildman–Crippen LogP) is 8.73. The van der Waals surface area contributed by atoms with Gasteiger partial charge in [-0.2, -0.15) is 0 Å². The Hall–Kier alpha value is -5.05. The molecular weight excluding hydrogens is 647 g/mol. The lowest BCUT2D eigenvalue weighted by molar-refractivity contribution is 0.108. The topological polar surface area (TPSA) is 87.1 Å². The van der Waals surface area contributed by atoms with Gasteiger partial charge in [0, 0.05) is 36.3 Å². The Bertz CT molecular complexity index is 1930. The normalized spacial score (nSPS) is 14.0. The molecule has 1 saturated heterocycles. The molecule has 5 aromatic carbocycles. The van der Waals surface area contributed by atoms with E-state index in [0.717, 1.165) is 64.2 Å². The first-order valence-corrected chi connectivity index (χ1v) is 18.2. The minimum Gasteiger partial charge on any atom is -0.505 e. The number of aromatic nitrogens is 1. The van der Waals surface area contributed by atoms with Crippen LogP contribution in [-0.2, 0) is 37.6 Å². The van der Waals surface area contributed by atoms with Gasteiger partial charge in [-0.1, -0.05) is 109 Å². The summed E-state index contributed by atoms with van der Waals surface area (Å²) in [4.78, 5) is 6.81. The van der Waals surface area contributed by atoms with Gasteiger partial charge < -0.3 is 25.0 Å². The van der Waals surface area contributed by atoms with E-state index in [1.54, 1.807) is 6.20 Å². The van der Waals surface area contributed by atoms with E-state index in [1.807, 2.05) is 97.9 Å². The van der Waals surface area contributed by atoms with Crippen LogP contribution in [0.3, 0.4) is 0 Å². The summed E-state index contributed by atoms with van der Waals surface area (Å²) >= 11 is 0. The number of pyridine rings is 1. The first kappa shape index (κ1) is 36.7. The number of hydrogen-bond donors (Lipinski definition) is 3. The first-order chi connectivity index (χ1) is 25.5. The summed E-state index contributed by atoms with van der Waals surface area (Å²) in [5, 5.41) is 25.5. The van der Waals surface area contributed by atoms with Crippen LogP contribution in [0.5, 0.6) is 11.5 Å². The zero-order valence-electron chi connectivity index (χ0n) is 29.9. The van der Waals surface area contributed by atoms with Crippen molar-refractivity contribution in [2.24, 2.45) is 0 Å². The van der Waals surface area contributed by atoms with Crippen LogP contribution in [0, 0.1) is 0 Å². The fraction of sp³-hybridized carbons (Fsp3) is 0.267. The van der Waals surface area contributed by atoms with Crippen LogP contribution in [0.1, 0.15) is 59.3 Å². The molecule has 268 valence electrons. The van der Waals surface area contributed by atoms with E-state index in [2.05, 4.69) is 57.7 Å². The molecule has 3 N–H and O–H groups in total. The van der Waals surface area contributed by atoms with Gasteiger partial charge in [-0.15, -0.1) is 0 Å². The SMILES string of the molecule is CC(NCc1ccc(OCc2ccccc2)cc1)C(O)c1ccccc1.Oc1c(CN2CCCC2)cc(COCc2ccccc2)c2cccnc12. The van der Waals surface area contributed by atoms with Gasteiger partial charge in [-0.3, -0.25) is 9.88 Å². The van der Waals surface area contributed by atoms with Gasteiger partial charge in [0.05, 0.1) is 19.3 Å². The highest BCUT2D eigenvalue weighted by atomic mass is 16.5. The third kappa shape index (κ3) is 10.5. The molecule has 2 atom stereocenters. The van der Waals surface area contributed by atoms with Crippen molar-refractivity contribution in [2.45, 2.75) is 64.8 Å². The van der Waals surface area contributed by atoms with Crippen LogP contribution in [-0.4, -0.2) is 39.2 Å². The number of aliphatic hydroxyl groups is 1. The van der Waals surface area contributed by atoms with Gasteiger partial charge in [0.25, 0.3) is 0 Å². The molecule has 0 bridgehead atoms. The molecule has 0 spiro atoms. The lowest BCUT2D eigenvalue weighted by Crippen LogP contribution is -2.31.